The topological polar surface area (TPSA) is 129 Å². The molecule has 3 amide bonds. The fourth-order valence-corrected chi connectivity index (χ4v) is 5.32. The Morgan fingerprint density at radius 1 is 1.00 bits per heavy atom. The third-order valence-electron chi connectivity index (χ3n) is 7.03. The summed E-state index contributed by atoms with van der Waals surface area (Å²) in [6.45, 7) is 0.728. The van der Waals surface area contributed by atoms with Crippen molar-refractivity contribution in [2.45, 2.75) is 26.1 Å². The number of ether oxygens (including phenoxy) is 1. The first-order valence-corrected chi connectivity index (χ1v) is 14.2. The van der Waals surface area contributed by atoms with Crippen LogP contribution in [0.5, 0.6) is 5.75 Å². The van der Waals surface area contributed by atoms with E-state index in [1.807, 2.05) is 0 Å². The molecule has 0 saturated carbocycles. The molecule has 216 valence electrons. The highest BCUT2D eigenvalue weighted by Crippen LogP contribution is 2.26. The number of carbonyl (C=O) groups excluding carboxylic acids is 3. The number of rotatable bonds is 8. The van der Waals surface area contributed by atoms with E-state index < -0.39 is 11.8 Å². The Morgan fingerprint density at radius 2 is 1.69 bits per heavy atom. The predicted molar refractivity (Wildman–Crippen MR) is 161 cm³/mol. The maximum atomic E-state index is 13.8. The third kappa shape index (κ3) is 5.97. The molecule has 3 N–H and O–H groups in total. The Morgan fingerprint density at radius 3 is 2.33 bits per heavy atom. The largest absolute Gasteiger partial charge is 0.497 e. The average molecular weight is 653 g/mol. The number of hydrogen-bond acceptors (Lipinski definition) is 5. The first kappa shape index (κ1) is 29.2. The van der Waals surface area contributed by atoms with Crippen molar-refractivity contribution < 1.29 is 19.1 Å². The molecule has 0 atom stereocenters. The van der Waals surface area contributed by atoms with Crippen molar-refractivity contribution in [3.05, 3.63) is 115 Å². The van der Waals surface area contributed by atoms with Gasteiger partial charge in [0.05, 0.1) is 36.5 Å². The van der Waals surface area contributed by atoms with Crippen LogP contribution in [0.3, 0.4) is 0 Å². The number of carbonyl (C=O) groups is 3. The van der Waals surface area contributed by atoms with Crippen LogP contribution in [-0.4, -0.2) is 45.4 Å². The van der Waals surface area contributed by atoms with Crippen LogP contribution in [0.1, 0.15) is 37.7 Å². The Labute approximate surface area is 254 Å². The molecule has 0 unspecified atom stereocenters. The molecule has 0 bridgehead atoms. The van der Waals surface area contributed by atoms with E-state index in [2.05, 4.69) is 21.2 Å². The van der Waals surface area contributed by atoms with Crippen molar-refractivity contribution >= 4 is 45.3 Å². The minimum absolute atomic E-state index is 0.0511. The lowest BCUT2D eigenvalue weighted by Crippen LogP contribution is -2.41. The van der Waals surface area contributed by atoms with E-state index in [9.17, 15) is 19.2 Å². The van der Waals surface area contributed by atoms with Gasteiger partial charge < -0.3 is 20.7 Å². The monoisotopic (exact) mass is 651 g/mol. The normalized spacial score (nSPS) is 12.5. The molecule has 3 aromatic carbocycles. The molecular weight excluding hydrogens is 626 g/mol. The van der Waals surface area contributed by atoms with E-state index in [4.69, 9.17) is 22.1 Å². The van der Waals surface area contributed by atoms with Gasteiger partial charge in [-0.15, -0.1) is 0 Å². The number of nitrogens with two attached hydrogens (primary N) is 1. The molecule has 0 spiro atoms. The van der Waals surface area contributed by atoms with Crippen LogP contribution in [0, 0.1) is 0 Å². The van der Waals surface area contributed by atoms with Gasteiger partial charge in [0.2, 0.25) is 5.91 Å². The van der Waals surface area contributed by atoms with Crippen LogP contribution < -0.4 is 21.5 Å². The zero-order chi connectivity index (χ0) is 30.0. The van der Waals surface area contributed by atoms with Crippen LogP contribution in [0.2, 0.25) is 5.02 Å². The second-order valence-electron chi connectivity index (χ2n) is 9.76. The summed E-state index contributed by atoms with van der Waals surface area (Å²) in [7, 11) is 1.54. The number of imidazole rings is 1. The summed E-state index contributed by atoms with van der Waals surface area (Å²) >= 11 is 9.56. The molecule has 10 nitrogen and oxygen atoms in total. The summed E-state index contributed by atoms with van der Waals surface area (Å²) < 4.78 is 8.83. The minimum atomic E-state index is -0.473. The molecule has 0 aliphatic carbocycles. The van der Waals surface area contributed by atoms with Crippen molar-refractivity contribution in [2.24, 2.45) is 5.73 Å². The molecule has 12 heteroatoms. The lowest BCUT2D eigenvalue weighted by molar-refractivity contribution is -0.117. The van der Waals surface area contributed by atoms with Crippen LogP contribution in [0.25, 0.3) is 5.69 Å². The van der Waals surface area contributed by atoms with Gasteiger partial charge in [0.1, 0.15) is 11.4 Å². The Balaban J connectivity index is 1.48. The molecule has 1 aliphatic heterocycles. The summed E-state index contributed by atoms with van der Waals surface area (Å²) in [4.78, 5) is 53.6. The second kappa shape index (κ2) is 12.3. The SMILES string of the molecule is COc1ccc(-n2c(C(=O)NCc3ccc(CC(N)=O)cc3)c3n(c2=O)CCN(C(=O)c2ccc(Br)c(Cl)c2)C3)cc1. The first-order chi connectivity index (χ1) is 20.2. The molecule has 5 rings (SSSR count). The zero-order valence-electron chi connectivity index (χ0n) is 22.6. The molecule has 2 heterocycles. The van der Waals surface area contributed by atoms with Crippen molar-refractivity contribution in [1.82, 2.24) is 19.4 Å². The molecule has 1 aromatic heterocycles. The summed E-state index contributed by atoms with van der Waals surface area (Å²) in [5.74, 6) is -0.560. The van der Waals surface area contributed by atoms with Gasteiger partial charge >= 0.3 is 5.69 Å². The lowest BCUT2D eigenvalue weighted by Gasteiger charge is -2.28. The summed E-state index contributed by atoms with van der Waals surface area (Å²) in [6.07, 6.45) is 0.124. The minimum Gasteiger partial charge on any atom is -0.497 e. The average Bonchev–Trinajstić information content (AvgIpc) is 3.28. The van der Waals surface area contributed by atoms with Gasteiger partial charge in [0.25, 0.3) is 11.8 Å². The van der Waals surface area contributed by atoms with E-state index in [-0.39, 0.29) is 49.9 Å². The third-order valence-corrected chi connectivity index (χ3v) is 8.27. The zero-order valence-corrected chi connectivity index (χ0v) is 24.9. The van der Waals surface area contributed by atoms with Gasteiger partial charge in [0.15, 0.2) is 0 Å². The highest BCUT2D eigenvalue weighted by Gasteiger charge is 2.32. The smallest absolute Gasteiger partial charge is 0.333 e. The molecule has 42 heavy (non-hydrogen) atoms. The van der Waals surface area contributed by atoms with E-state index in [0.717, 1.165) is 11.1 Å². The number of hydrogen-bond donors (Lipinski definition) is 2. The molecule has 0 saturated heterocycles. The van der Waals surface area contributed by atoms with Crippen molar-refractivity contribution in [3.8, 4) is 11.4 Å². The molecular formula is C30H27BrClN5O5. The van der Waals surface area contributed by atoms with E-state index in [0.29, 0.717) is 32.2 Å². The maximum absolute atomic E-state index is 13.8. The van der Waals surface area contributed by atoms with Gasteiger partial charge in [-0.25, -0.2) is 4.79 Å². The number of nitrogens with zero attached hydrogens (tertiary/aromatic N) is 3. The maximum Gasteiger partial charge on any atom is 0.333 e. The summed E-state index contributed by atoms with van der Waals surface area (Å²) in [5.41, 5.74) is 7.91. The number of amides is 3. The van der Waals surface area contributed by atoms with E-state index in [1.165, 1.54) is 9.13 Å². The van der Waals surface area contributed by atoms with Crippen LogP contribution in [0.15, 0.2) is 76.0 Å². The summed E-state index contributed by atoms with van der Waals surface area (Å²) in [6, 6.07) is 18.9. The summed E-state index contributed by atoms with van der Waals surface area (Å²) in [5, 5.41) is 3.31. The van der Waals surface area contributed by atoms with Crippen molar-refractivity contribution in [1.29, 1.82) is 0 Å². The van der Waals surface area contributed by atoms with Gasteiger partial charge in [-0.05, 0) is 69.5 Å². The molecule has 0 fully saturated rings. The number of methoxy groups -OCH3 is 1. The number of aromatic nitrogens is 2. The van der Waals surface area contributed by atoms with Crippen LogP contribution in [-0.2, 0) is 30.8 Å². The van der Waals surface area contributed by atoms with E-state index >= 15 is 0 Å². The number of nitrogens with one attached hydrogen (secondary N) is 1. The van der Waals surface area contributed by atoms with Gasteiger partial charge in [-0.1, -0.05) is 35.9 Å². The van der Waals surface area contributed by atoms with Gasteiger partial charge in [-0.2, -0.15) is 0 Å². The highest BCUT2D eigenvalue weighted by molar-refractivity contribution is 9.10. The fraction of sp³-hybridized carbons (Fsp3) is 0.200. The number of benzene rings is 3. The van der Waals surface area contributed by atoms with Gasteiger partial charge in [0, 0.05) is 29.7 Å². The van der Waals surface area contributed by atoms with E-state index in [1.54, 1.807) is 78.7 Å². The second-order valence-corrected chi connectivity index (χ2v) is 11.0. The standard InChI is InChI=1S/C30H27BrClN5O5/c1-42-22-9-7-21(8-10-22)37-27(28(39)34-16-19-4-2-18(3-5-19)14-26(33)38)25-17-35(12-13-36(25)30(37)41)29(40)20-6-11-23(31)24(32)15-20/h2-11,15H,12-14,16-17H2,1H3,(H2,33,38)(H,34,39). The van der Waals surface area contributed by atoms with Crippen LogP contribution in [0.4, 0.5) is 0 Å². The Bertz CT molecular complexity index is 1730. The Kier molecular flexibility index (Phi) is 8.51. The molecule has 4 aromatic rings. The highest BCUT2D eigenvalue weighted by atomic mass is 79.9. The van der Waals surface area contributed by atoms with Crippen LogP contribution >= 0.6 is 27.5 Å². The first-order valence-electron chi connectivity index (χ1n) is 13.0. The quantitative estimate of drug-likeness (QED) is 0.300. The van der Waals surface area contributed by atoms with Crippen molar-refractivity contribution in [3.63, 3.8) is 0 Å². The number of fused-ring (bicyclic) bond motifs is 1. The Hall–Kier alpha value is -4.35. The van der Waals surface area contributed by atoms with Gasteiger partial charge in [-0.3, -0.25) is 23.5 Å². The molecule has 1 aliphatic rings. The number of halogens is 2. The molecule has 0 radical (unpaired) electrons. The fourth-order valence-electron chi connectivity index (χ4n) is 4.89. The van der Waals surface area contributed by atoms with Crippen molar-refractivity contribution in [2.75, 3.05) is 13.7 Å². The lowest BCUT2D eigenvalue weighted by atomic mass is 10.1. The number of primary amides is 1. The predicted octanol–water partition coefficient (Wildman–Crippen LogP) is 3.68.